The van der Waals surface area contributed by atoms with Gasteiger partial charge < -0.3 is 14.9 Å². The van der Waals surface area contributed by atoms with E-state index in [9.17, 15) is 18.0 Å². The van der Waals surface area contributed by atoms with Gasteiger partial charge in [-0.05, 0) is 31.1 Å². The van der Waals surface area contributed by atoms with Crippen molar-refractivity contribution in [1.29, 1.82) is 0 Å². The molecule has 0 radical (unpaired) electrons. The van der Waals surface area contributed by atoms with Crippen LogP contribution in [0.2, 0.25) is 0 Å². The molecule has 6 nitrogen and oxygen atoms in total. The largest absolute Gasteiger partial charge is 0.481 e. The minimum Gasteiger partial charge on any atom is -0.481 e. The first kappa shape index (κ1) is 16.4. The number of alkyl halides is 3. The van der Waals surface area contributed by atoms with Crippen LogP contribution in [0.1, 0.15) is 25.3 Å². The molecule has 1 aromatic rings. The van der Waals surface area contributed by atoms with E-state index in [1.165, 1.54) is 6.20 Å². The number of carboxylic acid groups (broad SMARTS) is 1. The summed E-state index contributed by atoms with van der Waals surface area (Å²) in [5, 5.41) is 16.5. The summed E-state index contributed by atoms with van der Waals surface area (Å²) >= 11 is 0. The van der Waals surface area contributed by atoms with Crippen LogP contribution in [-0.4, -0.2) is 46.9 Å². The van der Waals surface area contributed by atoms with Gasteiger partial charge in [0, 0.05) is 32.1 Å². The van der Waals surface area contributed by atoms with Gasteiger partial charge in [0.05, 0.1) is 11.9 Å². The van der Waals surface area contributed by atoms with E-state index in [0.717, 1.165) is 6.42 Å². The number of carbonyl (C=O) groups is 1. The average Bonchev–Trinajstić information content (AvgIpc) is 2.94. The van der Waals surface area contributed by atoms with E-state index in [4.69, 9.17) is 5.11 Å². The second kappa shape index (κ2) is 5.47. The van der Waals surface area contributed by atoms with Crippen LogP contribution in [0.25, 0.3) is 0 Å². The van der Waals surface area contributed by atoms with E-state index in [0.29, 0.717) is 19.6 Å². The molecule has 3 aliphatic rings. The smallest absolute Gasteiger partial charge is 0.422 e. The number of aromatic nitrogens is 2. The van der Waals surface area contributed by atoms with E-state index in [1.54, 1.807) is 9.80 Å². The topological polar surface area (TPSA) is 69.6 Å². The number of halogens is 3. The Morgan fingerprint density at radius 3 is 2.52 bits per heavy atom. The van der Waals surface area contributed by atoms with Crippen LogP contribution in [0.3, 0.4) is 0 Å². The fourth-order valence-electron chi connectivity index (χ4n) is 4.26. The lowest BCUT2D eigenvalue weighted by Crippen LogP contribution is -2.47. The van der Waals surface area contributed by atoms with Crippen LogP contribution in [0.4, 0.5) is 24.7 Å². The maximum atomic E-state index is 13.8. The highest BCUT2D eigenvalue weighted by Gasteiger charge is 2.57. The molecule has 1 saturated carbocycles. The van der Waals surface area contributed by atoms with Gasteiger partial charge in [-0.3, -0.25) is 4.79 Å². The highest BCUT2D eigenvalue weighted by molar-refractivity contribution is 5.69. The molecule has 0 bridgehead atoms. The van der Waals surface area contributed by atoms with Crippen molar-refractivity contribution in [3.05, 3.63) is 11.8 Å². The molecular formula is C16H19F3N4O2. The fourth-order valence-corrected chi connectivity index (χ4v) is 4.26. The molecule has 25 heavy (non-hydrogen) atoms. The van der Waals surface area contributed by atoms with Crippen molar-refractivity contribution in [2.75, 3.05) is 29.4 Å². The number of piperidine rings is 1. The molecule has 136 valence electrons. The predicted octanol–water partition coefficient (Wildman–Crippen LogP) is 2.25. The Balaban J connectivity index is 1.61. The molecule has 0 aromatic carbocycles. The van der Waals surface area contributed by atoms with Crippen LogP contribution < -0.4 is 9.80 Å². The molecule has 1 aromatic heterocycles. The van der Waals surface area contributed by atoms with Crippen molar-refractivity contribution in [2.24, 2.45) is 17.8 Å². The predicted molar refractivity (Wildman–Crippen MR) is 83.4 cm³/mol. The summed E-state index contributed by atoms with van der Waals surface area (Å²) < 4.78 is 41.3. The summed E-state index contributed by atoms with van der Waals surface area (Å²) in [5.74, 6) is -0.519. The first-order chi connectivity index (χ1) is 11.8. The molecule has 2 aliphatic heterocycles. The summed E-state index contributed by atoms with van der Waals surface area (Å²) in [4.78, 5) is 14.2. The monoisotopic (exact) mass is 356 g/mol. The first-order valence-corrected chi connectivity index (χ1v) is 8.43. The van der Waals surface area contributed by atoms with E-state index in [1.807, 2.05) is 6.92 Å². The molecule has 2 saturated heterocycles. The minimum absolute atomic E-state index is 0.0255. The molecule has 1 N–H and O–H groups in total. The van der Waals surface area contributed by atoms with Crippen molar-refractivity contribution < 1.29 is 23.1 Å². The normalized spacial score (nSPS) is 30.9. The fraction of sp³-hybridized carbons (Fsp3) is 0.688. The number of hydrogen-bond acceptors (Lipinski definition) is 5. The molecule has 3 fully saturated rings. The van der Waals surface area contributed by atoms with E-state index >= 15 is 0 Å². The lowest BCUT2D eigenvalue weighted by molar-refractivity contribution is -0.138. The van der Waals surface area contributed by atoms with Crippen LogP contribution in [0.15, 0.2) is 6.20 Å². The zero-order valence-corrected chi connectivity index (χ0v) is 13.7. The zero-order chi connectivity index (χ0) is 17.9. The second-order valence-corrected chi connectivity index (χ2v) is 7.25. The summed E-state index contributed by atoms with van der Waals surface area (Å²) in [7, 11) is 0. The Morgan fingerprint density at radius 2 is 2.04 bits per heavy atom. The number of hydrogen-bond donors (Lipinski definition) is 1. The van der Waals surface area contributed by atoms with Crippen molar-refractivity contribution in [3.63, 3.8) is 0 Å². The van der Waals surface area contributed by atoms with E-state index in [-0.39, 0.29) is 41.7 Å². The Labute approximate surface area is 142 Å². The van der Waals surface area contributed by atoms with Crippen molar-refractivity contribution >= 4 is 17.5 Å². The molecule has 3 heterocycles. The molecular weight excluding hydrogens is 337 g/mol. The quantitative estimate of drug-likeness (QED) is 0.892. The molecule has 0 spiro atoms. The number of fused-ring (bicyclic) bond motifs is 1. The SMILES string of the molecule is CC1CCN1c1nncc(N2CC3C(CC(=O)O)C3C2)c1C(F)(F)F. The minimum atomic E-state index is -4.51. The van der Waals surface area contributed by atoms with Gasteiger partial charge in [0.2, 0.25) is 0 Å². The first-order valence-electron chi connectivity index (χ1n) is 8.43. The Hall–Kier alpha value is -2.06. The summed E-state index contributed by atoms with van der Waals surface area (Å²) in [6.07, 6.45) is -2.38. The van der Waals surface area contributed by atoms with Crippen molar-refractivity contribution in [3.8, 4) is 0 Å². The molecule has 3 unspecified atom stereocenters. The summed E-state index contributed by atoms with van der Waals surface area (Å²) in [6, 6.07) is 0.0255. The Kier molecular flexibility index (Phi) is 3.59. The van der Waals surface area contributed by atoms with Gasteiger partial charge in [-0.1, -0.05) is 0 Å². The Morgan fingerprint density at radius 1 is 1.36 bits per heavy atom. The standard InChI is InChI=1S/C16H19F3N4O2/c1-8-2-3-23(8)15-14(16(17,18)19)12(5-20-21-15)22-6-10-9(4-13(24)25)11(10)7-22/h5,8-11H,2-4,6-7H2,1H3,(H,24,25). The van der Waals surface area contributed by atoms with Gasteiger partial charge in [-0.2, -0.15) is 18.3 Å². The molecule has 4 rings (SSSR count). The third kappa shape index (κ3) is 2.69. The summed E-state index contributed by atoms with van der Waals surface area (Å²) in [6.45, 7) is 3.33. The number of aliphatic carboxylic acids is 1. The number of carboxylic acids is 1. The average molecular weight is 356 g/mol. The Bertz CT molecular complexity index is 699. The zero-order valence-electron chi connectivity index (χ0n) is 13.7. The molecule has 0 amide bonds. The summed E-state index contributed by atoms with van der Waals surface area (Å²) in [5.41, 5.74) is -0.650. The van der Waals surface area contributed by atoms with E-state index < -0.39 is 17.7 Å². The maximum Gasteiger partial charge on any atom is 0.422 e. The number of anilines is 2. The highest BCUT2D eigenvalue weighted by atomic mass is 19.4. The van der Waals surface area contributed by atoms with Crippen molar-refractivity contribution in [1.82, 2.24) is 10.2 Å². The lowest BCUT2D eigenvalue weighted by atomic mass is 10.0. The van der Waals surface area contributed by atoms with E-state index in [2.05, 4.69) is 10.2 Å². The number of nitrogens with zero attached hydrogens (tertiary/aromatic N) is 4. The van der Waals surface area contributed by atoms with Gasteiger partial charge in [0.25, 0.3) is 0 Å². The third-order valence-corrected chi connectivity index (χ3v) is 5.81. The van der Waals surface area contributed by atoms with Crippen LogP contribution in [-0.2, 0) is 11.0 Å². The number of rotatable bonds is 4. The van der Waals surface area contributed by atoms with Gasteiger partial charge in [0.15, 0.2) is 5.82 Å². The van der Waals surface area contributed by atoms with Gasteiger partial charge in [-0.25, -0.2) is 0 Å². The third-order valence-electron chi connectivity index (χ3n) is 5.81. The van der Waals surface area contributed by atoms with Crippen molar-refractivity contribution in [2.45, 2.75) is 32.0 Å². The van der Waals surface area contributed by atoms with Crippen LogP contribution >= 0.6 is 0 Å². The maximum absolute atomic E-state index is 13.8. The lowest BCUT2D eigenvalue weighted by Gasteiger charge is -2.41. The molecule has 9 heteroatoms. The highest BCUT2D eigenvalue weighted by Crippen LogP contribution is 2.55. The van der Waals surface area contributed by atoms with Gasteiger partial charge in [-0.15, -0.1) is 5.10 Å². The second-order valence-electron chi connectivity index (χ2n) is 7.25. The van der Waals surface area contributed by atoms with Gasteiger partial charge >= 0.3 is 12.1 Å². The van der Waals surface area contributed by atoms with Crippen LogP contribution in [0, 0.1) is 17.8 Å². The molecule has 1 aliphatic carbocycles. The van der Waals surface area contributed by atoms with Gasteiger partial charge in [0.1, 0.15) is 5.56 Å². The van der Waals surface area contributed by atoms with Crippen LogP contribution in [0.5, 0.6) is 0 Å². The molecule has 3 atom stereocenters.